The fraction of sp³-hybridized carbons (Fsp3) is 0.500. The number of halogens is 1. The van der Waals surface area contributed by atoms with Crippen molar-refractivity contribution in [2.24, 2.45) is 11.8 Å². The van der Waals surface area contributed by atoms with Crippen molar-refractivity contribution < 1.29 is 14.1 Å². The molecule has 1 aliphatic heterocycles. The van der Waals surface area contributed by atoms with Crippen molar-refractivity contribution in [3.63, 3.8) is 0 Å². The average molecular weight is 379 g/mol. The zero-order valence-electron chi connectivity index (χ0n) is 14.6. The summed E-state index contributed by atoms with van der Waals surface area (Å²) in [4.78, 5) is 16.5. The number of hydrogen-bond donors (Lipinski definition) is 2. The van der Waals surface area contributed by atoms with Gasteiger partial charge in [-0.1, -0.05) is 12.1 Å². The molecule has 7 nitrogen and oxygen atoms in total. The van der Waals surface area contributed by atoms with Crippen LogP contribution in [-0.2, 0) is 11.4 Å². The van der Waals surface area contributed by atoms with Gasteiger partial charge >= 0.3 is 0 Å². The number of hydrogen-bond acceptors (Lipinski definition) is 6. The van der Waals surface area contributed by atoms with Crippen LogP contribution in [0.2, 0.25) is 0 Å². The molecule has 1 saturated heterocycles. The number of nitrogens with zero attached hydrogens (tertiary/aromatic N) is 2. The average Bonchev–Trinajstić information content (AvgIpc) is 3.31. The molecule has 2 heterocycles. The van der Waals surface area contributed by atoms with E-state index in [9.17, 15) is 4.79 Å². The van der Waals surface area contributed by atoms with E-state index in [1.165, 1.54) is 0 Å². The lowest BCUT2D eigenvalue weighted by molar-refractivity contribution is -0.121. The minimum Gasteiger partial charge on any atom is -0.485 e. The van der Waals surface area contributed by atoms with Gasteiger partial charge in [-0.25, -0.2) is 0 Å². The van der Waals surface area contributed by atoms with Crippen molar-refractivity contribution in [3.8, 4) is 5.75 Å². The molecule has 1 saturated carbocycles. The number of benzene rings is 1. The van der Waals surface area contributed by atoms with Gasteiger partial charge in [0.1, 0.15) is 5.75 Å². The lowest BCUT2D eigenvalue weighted by Crippen LogP contribution is -2.48. The van der Waals surface area contributed by atoms with Crippen molar-refractivity contribution in [1.29, 1.82) is 0 Å². The molecule has 0 spiro atoms. The van der Waals surface area contributed by atoms with Crippen LogP contribution in [0.5, 0.6) is 5.75 Å². The molecule has 2 aliphatic rings. The predicted octanol–water partition coefficient (Wildman–Crippen LogP) is 2.74. The molecule has 4 rings (SSSR count). The Hall–Kier alpha value is -2.12. The third-order valence-corrected chi connectivity index (χ3v) is 4.83. The smallest absolute Gasteiger partial charge is 0.229 e. The first-order chi connectivity index (χ1) is 12.2. The van der Waals surface area contributed by atoms with Gasteiger partial charge < -0.3 is 19.9 Å². The monoisotopic (exact) mass is 378 g/mol. The summed E-state index contributed by atoms with van der Waals surface area (Å²) in [6, 6.07) is 7.33. The van der Waals surface area contributed by atoms with E-state index >= 15 is 0 Å². The summed E-state index contributed by atoms with van der Waals surface area (Å²) >= 11 is 0. The van der Waals surface area contributed by atoms with Gasteiger partial charge in [0.05, 0.1) is 0 Å². The van der Waals surface area contributed by atoms with Gasteiger partial charge in [0, 0.05) is 17.5 Å². The molecule has 1 unspecified atom stereocenters. The molecular formula is C18H23ClN4O3. The van der Waals surface area contributed by atoms with E-state index in [0.29, 0.717) is 29.3 Å². The number of aromatic nitrogens is 2. The SMILES string of the molecule is CC(C(=O)Nc1ccc(OCc2noc(C3CC3)n2)cc1)C1CNC1.Cl. The van der Waals surface area contributed by atoms with Crippen LogP contribution in [0.25, 0.3) is 0 Å². The predicted molar refractivity (Wildman–Crippen MR) is 98.4 cm³/mol. The van der Waals surface area contributed by atoms with E-state index in [4.69, 9.17) is 9.26 Å². The van der Waals surface area contributed by atoms with Crippen molar-refractivity contribution >= 4 is 24.0 Å². The van der Waals surface area contributed by atoms with Gasteiger partial charge in [0.2, 0.25) is 17.6 Å². The summed E-state index contributed by atoms with van der Waals surface area (Å²) in [5, 5.41) is 10.1. The molecule has 2 aromatic rings. The standard InChI is InChI=1S/C18H22N4O3.ClH/c1-11(13-8-19-9-13)17(23)20-14-4-6-15(7-5-14)24-10-16-21-18(25-22-16)12-2-3-12;/h4-7,11-13,19H,2-3,8-10H2,1H3,(H,20,23);1H. The summed E-state index contributed by atoms with van der Waals surface area (Å²) in [5.41, 5.74) is 0.770. The maximum absolute atomic E-state index is 12.2. The molecule has 26 heavy (non-hydrogen) atoms. The van der Waals surface area contributed by atoms with E-state index in [1.807, 2.05) is 31.2 Å². The molecule has 1 aromatic heterocycles. The van der Waals surface area contributed by atoms with Crippen molar-refractivity contribution in [2.75, 3.05) is 18.4 Å². The van der Waals surface area contributed by atoms with Crippen molar-refractivity contribution in [2.45, 2.75) is 32.3 Å². The third kappa shape index (κ3) is 4.34. The number of rotatable bonds is 7. The Balaban J connectivity index is 0.00000196. The molecule has 1 aliphatic carbocycles. The minimum absolute atomic E-state index is 0. The third-order valence-electron chi connectivity index (χ3n) is 4.83. The fourth-order valence-electron chi connectivity index (χ4n) is 2.74. The largest absolute Gasteiger partial charge is 0.485 e. The van der Waals surface area contributed by atoms with Gasteiger partial charge in [0.15, 0.2) is 6.61 Å². The van der Waals surface area contributed by atoms with Crippen LogP contribution in [0.15, 0.2) is 28.8 Å². The molecule has 1 atom stereocenters. The van der Waals surface area contributed by atoms with E-state index < -0.39 is 0 Å². The van der Waals surface area contributed by atoms with Crippen LogP contribution in [0.3, 0.4) is 0 Å². The maximum Gasteiger partial charge on any atom is 0.229 e. The minimum atomic E-state index is 0. The first-order valence-electron chi connectivity index (χ1n) is 8.76. The molecular weight excluding hydrogens is 356 g/mol. The number of carbonyl (C=O) groups excluding carboxylic acids is 1. The van der Waals surface area contributed by atoms with Crippen LogP contribution in [0, 0.1) is 11.8 Å². The van der Waals surface area contributed by atoms with Crippen LogP contribution in [-0.4, -0.2) is 29.1 Å². The Morgan fingerprint density at radius 1 is 1.35 bits per heavy atom. The van der Waals surface area contributed by atoms with Gasteiger partial charge in [-0.2, -0.15) is 4.98 Å². The topological polar surface area (TPSA) is 89.3 Å². The van der Waals surface area contributed by atoms with Crippen LogP contribution in [0.1, 0.15) is 37.4 Å². The molecule has 0 radical (unpaired) electrons. The highest BCUT2D eigenvalue weighted by Crippen LogP contribution is 2.38. The second-order valence-electron chi connectivity index (χ2n) is 6.83. The summed E-state index contributed by atoms with van der Waals surface area (Å²) in [6.45, 7) is 4.08. The Morgan fingerprint density at radius 2 is 2.08 bits per heavy atom. The lowest BCUT2D eigenvalue weighted by atomic mass is 9.88. The van der Waals surface area contributed by atoms with Crippen molar-refractivity contribution in [3.05, 3.63) is 36.0 Å². The second kappa shape index (κ2) is 8.05. The van der Waals surface area contributed by atoms with Crippen molar-refractivity contribution in [1.82, 2.24) is 15.5 Å². The molecule has 0 bridgehead atoms. The molecule has 2 fully saturated rings. The van der Waals surface area contributed by atoms with E-state index in [2.05, 4.69) is 20.8 Å². The van der Waals surface area contributed by atoms with Gasteiger partial charge in [-0.3, -0.25) is 4.79 Å². The second-order valence-corrected chi connectivity index (χ2v) is 6.83. The number of amides is 1. The maximum atomic E-state index is 12.2. The summed E-state index contributed by atoms with van der Waals surface area (Å²) in [6.07, 6.45) is 2.26. The Kier molecular flexibility index (Phi) is 5.78. The highest BCUT2D eigenvalue weighted by atomic mass is 35.5. The summed E-state index contributed by atoms with van der Waals surface area (Å²) < 4.78 is 10.9. The highest BCUT2D eigenvalue weighted by Gasteiger charge is 2.30. The molecule has 140 valence electrons. The zero-order valence-corrected chi connectivity index (χ0v) is 15.4. The number of nitrogens with one attached hydrogen (secondary N) is 2. The van der Waals surface area contributed by atoms with Gasteiger partial charge in [-0.05, 0) is 56.1 Å². The van der Waals surface area contributed by atoms with Gasteiger partial charge in [0.25, 0.3) is 0 Å². The van der Waals surface area contributed by atoms with E-state index in [0.717, 1.165) is 31.6 Å². The van der Waals surface area contributed by atoms with Crippen LogP contribution >= 0.6 is 12.4 Å². The fourth-order valence-corrected chi connectivity index (χ4v) is 2.74. The molecule has 1 aromatic carbocycles. The first-order valence-corrected chi connectivity index (χ1v) is 8.76. The summed E-state index contributed by atoms with van der Waals surface area (Å²) in [5.74, 6) is 2.91. The number of carbonyl (C=O) groups is 1. The molecule has 8 heteroatoms. The van der Waals surface area contributed by atoms with E-state index in [1.54, 1.807) is 0 Å². The Morgan fingerprint density at radius 3 is 2.69 bits per heavy atom. The number of anilines is 1. The van der Waals surface area contributed by atoms with Crippen LogP contribution < -0.4 is 15.4 Å². The molecule has 2 N–H and O–H groups in total. The quantitative estimate of drug-likeness (QED) is 0.770. The van der Waals surface area contributed by atoms with Gasteiger partial charge in [-0.15, -0.1) is 12.4 Å². The first kappa shape index (κ1) is 18.7. The Bertz CT molecular complexity index is 741. The number of ether oxygens (including phenoxy) is 1. The lowest BCUT2D eigenvalue weighted by Gasteiger charge is -2.31. The zero-order chi connectivity index (χ0) is 17.2. The molecule has 1 amide bonds. The van der Waals surface area contributed by atoms with Crippen LogP contribution in [0.4, 0.5) is 5.69 Å². The summed E-state index contributed by atoms with van der Waals surface area (Å²) in [7, 11) is 0. The van der Waals surface area contributed by atoms with E-state index in [-0.39, 0.29) is 30.8 Å². The highest BCUT2D eigenvalue weighted by molar-refractivity contribution is 5.92. The normalized spacial score (nSPS) is 17.7. The Labute approximate surface area is 158 Å².